The maximum Gasteiger partial charge on any atom is 1.00 e. The van der Waals surface area contributed by atoms with Crippen LogP contribution in [-0.4, -0.2) is 61.4 Å². The summed E-state index contributed by atoms with van der Waals surface area (Å²) in [7, 11) is 0. The third-order valence-corrected chi connectivity index (χ3v) is 0. The average molecular weight is 366 g/mol. The monoisotopic (exact) mass is 366 g/mol. The summed E-state index contributed by atoms with van der Waals surface area (Å²) in [6.45, 7) is 0. The van der Waals surface area contributed by atoms with Gasteiger partial charge in [0.1, 0.15) is 0 Å². The Morgan fingerprint density at radius 1 is 0.458 bits per heavy atom. The molecule has 0 saturated carbocycles. The van der Waals surface area contributed by atoms with Gasteiger partial charge in [-0.15, -0.1) is 0 Å². The van der Waals surface area contributed by atoms with Crippen LogP contribution in [0.25, 0.3) is 0 Å². The van der Waals surface area contributed by atoms with Crippen LogP contribution in [-0.2, 0) is 0 Å². The molecule has 0 fully saturated rings. The minimum absolute atomic E-state index is 0. The van der Waals surface area contributed by atoms with E-state index in [1.165, 1.54) is 0 Å². The van der Waals surface area contributed by atoms with Crippen molar-refractivity contribution in [1.29, 1.82) is 0 Å². The molecule has 0 atom stereocenters. The molecule has 0 rings (SSSR count). The minimum Gasteiger partial charge on any atom is -0.652 e. The van der Waals surface area contributed by atoms with E-state index < -0.39 is 30.8 Å². The zero-order valence-corrected chi connectivity index (χ0v) is 16.9. The van der Waals surface area contributed by atoms with Gasteiger partial charge in [-0.1, -0.05) is 0 Å². The zero-order chi connectivity index (χ0) is 17.9. The fourth-order valence-electron chi connectivity index (χ4n) is 0. The van der Waals surface area contributed by atoms with E-state index in [9.17, 15) is 0 Å². The predicted molar refractivity (Wildman–Crippen MR) is 42.8 cm³/mol. The van der Waals surface area contributed by atoms with E-state index in [1.54, 1.807) is 0 Å². The van der Waals surface area contributed by atoms with Crippen molar-refractivity contribution in [3.05, 3.63) is 0 Å². The second-order valence-electron chi connectivity index (χ2n) is 1.35. The molecule has 0 aromatic heterocycles. The summed E-state index contributed by atoms with van der Waals surface area (Å²) in [5, 5.41) is 75.2. The van der Waals surface area contributed by atoms with Gasteiger partial charge in [-0.25, -0.2) is 14.4 Å². The summed E-state index contributed by atoms with van der Waals surface area (Å²) < 4.78 is 0. The van der Waals surface area contributed by atoms with Gasteiger partial charge in [0.25, 0.3) is 0 Å². The van der Waals surface area contributed by atoms with Gasteiger partial charge >= 0.3 is 115 Å². The number of hydrogen-bond acceptors (Lipinski definition) is 9. The Bertz CT molecular complexity index is 221. The van der Waals surface area contributed by atoms with Crippen molar-refractivity contribution in [3.63, 3.8) is 0 Å². The number of hydrogen-bond donors (Lipinski definition) is 6. The molecule has 0 aliphatic rings. The molecule has 0 saturated heterocycles. The molecule has 6 N–H and O–H groups in total. The normalized spacial score (nSPS) is 5.00. The number of carbonyl (C=O) groups is 5. The summed E-state index contributed by atoms with van der Waals surface area (Å²) in [6.07, 6.45) is -10.2. The average Bonchev–Trinajstić information content (AvgIpc) is 1.94. The molecule has 0 heterocycles. The van der Waals surface area contributed by atoms with Crippen molar-refractivity contribution in [2.75, 3.05) is 0 Å². The molecule has 0 radical (unpaired) electrons. The van der Waals surface area contributed by atoms with Crippen molar-refractivity contribution in [1.82, 2.24) is 0 Å². The Balaban J connectivity index is -0.0000000161. The molecular weight excluding hydrogens is 360 g/mol. The van der Waals surface area contributed by atoms with Crippen LogP contribution in [0.2, 0.25) is 0 Å². The predicted octanol–water partition coefficient (Wildman–Crippen LogP) is -16.2. The Morgan fingerprint density at radius 3 is 0.458 bits per heavy atom. The fraction of sp³-hybridized carbons (Fsp3) is 0. The summed E-state index contributed by atoms with van der Waals surface area (Å²) in [4.78, 5) is 42.3. The molecule has 120 valence electrons. The minimum atomic E-state index is -2.33. The summed E-state index contributed by atoms with van der Waals surface area (Å²) >= 11 is 0. The topological polar surface area (TPSA) is 299 Å². The van der Waals surface area contributed by atoms with Crippen LogP contribution in [0, 0.1) is 0 Å². The smallest absolute Gasteiger partial charge is 0.652 e. The standard InChI is InChI=1S/5CH2O3.2Li.2Na/c5*2-1(3)4;;;;/h5*(H2,2,3,4);;;;/q;;;;;4*+1/p-4. The van der Waals surface area contributed by atoms with E-state index in [1.807, 2.05) is 0 Å². The zero-order valence-electron chi connectivity index (χ0n) is 12.9. The van der Waals surface area contributed by atoms with Gasteiger partial charge in [-0.2, -0.15) is 0 Å². The quantitative estimate of drug-likeness (QED) is 0.217. The van der Waals surface area contributed by atoms with Crippen LogP contribution < -0.4 is 117 Å². The summed E-state index contributed by atoms with van der Waals surface area (Å²) in [6, 6.07) is 0. The van der Waals surface area contributed by atoms with Crippen LogP contribution in [0.15, 0.2) is 0 Å². The van der Waals surface area contributed by atoms with E-state index in [-0.39, 0.29) is 96.8 Å². The first-order valence-electron chi connectivity index (χ1n) is 3.18. The molecule has 0 bridgehead atoms. The van der Waals surface area contributed by atoms with Gasteiger partial charge in [0, 0.05) is 0 Å². The van der Waals surface area contributed by atoms with Gasteiger partial charge in [0.05, 0.1) is 0 Å². The van der Waals surface area contributed by atoms with Crippen LogP contribution in [0.1, 0.15) is 0 Å². The van der Waals surface area contributed by atoms with E-state index >= 15 is 0 Å². The van der Waals surface area contributed by atoms with Gasteiger partial charge in [0.2, 0.25) is 0 Å². The number of rotatable bonds is 0. The van der Waals surface area contributed by atoms with E-state index in [4.69, 9.17) is 75.0 Å². The second kappa shape index (κ2) is 49.5. The first-order valence-corrected chi connectivity index (χ1v) is 3.18. The van der Waals surface area contributed by atoms with Crippen LogP contribution >= 0.6 is 0 Å². The molecular formula is C5H6Li2Na2O15. The van der Waals surface area contributed by atoms with E-state index in [0.29, 0.717) is 0 Å². The van der Waals surface area contributed by atoms with E-state index in [0.717, 1.165) is 0 Å². The largest absolute Gasteiger partial charge is 1.00 e. The molecule has 19 heteroatoms. The molecule has 0 unspecified atom stereocenters. The molecule has 0 aromatic rings. The van der Waals surface area contributed by atoms with Crippen molar-refractivity contribution >= 4 is 30.8 Å². The van der Waals surface area contributed by atoms with Crippen molar-refractivity contribution in [3.8, 4) is 0 Å². The third-order valence-electron chi connectivity index (χ3n) is 0. The van der Waals surface area contributed by atoms with Crippen molar-refractivity contribution in [2.45, 2.75) is 0 Å². The maximum absolute atomic E-state index is 8.56. The summed E-state index contributed by atoms with van der Waals surface area (Å²) in [5.74, 6) is 0. The van der Waals surface area contributed by atoms with Crippen molar-refractivity contribution in [2.24, 2.45) is 0 Å². The molecule has 0 aromatic carbocycles. The summed E-state index contributed by atoms with van der Waals surface area (Å²) in [5.41, 5.74) is 0. The molecule has 0 aliphatic carbocycles. The first-order chi connectivity index (χ1) is 8.66. The second-order valence-corrected chi connectivity index (χ2v) is 1.35. The van der Waals surface area contributed by atoms with Crippen LogP contribution in [0.3, 0.4) is 0 Å². The van der Waals surface area contributed by atoms with Crippen molar-refractivity contribution < 1.29 is 172 Å². The van der Waals surface area contributed by atoms with Crippen LogP contribution in [0.4, 0.5) is 24.0 Å². The molecule has 0 amide bonds. The molecule has 0 aliphatic heterocycles. The first kappa shape index (κ1) is 56.6. The molecule has 15 nitrogen and oxygen atoms in total. The van der Waals surface area contributed by atoms with Crippen LogP contribution in [0.5, 0.6) is 0 Å². The Morgan fingerprint density at radius 2 is 0.458 bits per heavy atom. The number of carbonyl (C=O) groups excluding carboxylic acids is 2. The van der Waals surface area contributed by atoms with Gasteiger partial charge in [0.15, 0.2) is 0 Å². The van der Waals surface area contributed by atoms with E-state index in [2.05, 4.69) is 0 Å². The molecule has 0 spiro atoms. The Kier molecular flexibility index (Phi) is 117. The third kappa shape index (κ3) is 43900. The van der Waals surface area contributed by atoms with Gasteiger partial charge in [-0.05, 0) is 12.3 Å². The van der Waals surface area contributed by atoms with Gasteiger partial charge in [-0.3, -0.25) is 0 Å². The number of carboxylic acid groups (broad SMARTS) is 10. The Labute approximate surface area is 200 Å². The van der Waals surface area contributed by atoms with Gasteiger partial charge < -0.3 is 60.7 Å². The molecule has 24 heavy (non-hydrogen) atoms. The fourth-order valence-corrected chi connectivity index (χ4v) is 0. The Hall–Kier alpha value is -0.455. The SMILES string of the molecule is O=C(O)O.O=C(O)O.O=C(O)O.O=C([O-])[O-].O=C([O-])[O-].[Li+].[Li+].[Na+].[Na+]. The maximum atomic E-state index is 8.56.